The maximum Gasteiger partial charge on any atom is 0.174 e. The third-order valence-electron chi connectivity index (χ3n) is 3.45. The predicted molar refractivity (Wildman–Crippen MR) is 73.7 cm³/mol. The van der Waals surface area contributed by atoms with Crippen molar-refractivity contribution in [3.05, 3.63) is 70.2 Å². The molecule has 19 heavy (non-hydrogen) atoms. The van der Waals surface area contributed by atoms with Crippen LogP contribution in [0.5, 0.6) is 0 Å². The third kappa shape index (κ3) is 2.08. The Kier molecular flexibility index (Phi) is 2.96. The van der Waals surface area contributed by atoms with Crippen molar-refractivity contribution in [2.75, 3.05) is 0 Å². The van der Waals surface area contributed by atoms with Gasteiger partial charge < -0.3 is 0 Å². The summed E-state index contributed by atoms with van der Waals surface area (Å²) in [5, 5.41) is 0.597. The summed E-state index contributed by atoms with van der Waals surface area (Å²) in [5.41, 5.74) is 2.07. The van der Waals surface area contributed by atoms with E-state index in [1.807, 2.05) is 6.07 Å². The van der Waals surface area contributed by atoms with E-state index in [4.69, 9.17) is 11.6 Å². The Morgan fingerprint density at radius 3 is 2.58 bits per heavy atom. The van der Waals surface area contributed by atoms with Gasteiger partial charge in [0.15, 0.2) is 11.6 Å². The van der Waals surface area contributed by atoms with Crippen molar-refractivity contribution < 1.29 is 9.59 Å². The number of hydrogen-bond donors (Lipinski definition) is 0. The normalized spacial score (nSPS) is 17.3. The highest BCUT2D eigenvalue weighted by molar-refractivity contribution is 6.31. The van der Waals surface area contributed by atoms with E-state index in [1.54, 1.807) is 42.5 Å². The Balaban J connectivity index is 1.94. The summed E-state index contributed by atoms with van der Waals surface area (Å²) in [6.07, 6.45) is 0.447. The van der Waals surface area contributed by atoms with Gasteiger partial charge in [0, 0.05) is 16.1 Å². The van der Waals surface area contributed by atoms with E-state index in [-0.39, 0.29) is 11.6 Å². The highest BCUT2D eigenvalue weighted by atomic mass is 35.5. The lowest BCUT2D eigenvalue weighted by Crippen LogP contribution is -2.20. The second kappa shape index (κ2) is 4.63. The summed E-state index contributed by atoms with van der Waals surface area (Å²) in [4.78, 5) is 24.6. The number of halogens is 1. The van der Waals surface area contributed by atoms with Gasteiger partial charge in [-0.3, -0.25) is 9.59 Å². The second-order valence-electron chi connectivity index (χ2n) is 4.65. The van der Waals surface area contributed by atoms with Gasteiger partial charge in [-0.15, -0.1) is 0 Å². The lowest BCUT2D eigenvalue weighted by Gasteiger charge is -2.06. The van der Waals surface area contributed by atoms with Gasteiger partial charge in [-0.1, -0.05) is 41.9 Å². The molecule has 0 radical (unpaired) electrons. The van der Waals surface area contributed by atoms with E-state index in [0.29, 0.717) is 22.6 Å². The average molecular weight is 271 g/mol. The number of carbonyl (C=O) groups is 2. The first-order chi connectivity index (χ1) is 9.16. The van der Waals surface area contributed by atoms with Crippen LogP contribution in [0, 0.1) is 5.92 Å². The quantitative estimate of drug-likeness (QED) is 0.617. The van der Waals surface area contributed by atoms with E-state index in [0.717, 1.165) is 5.56 Å². The predicted octanol–water partition coefficient (Wildman–Crippen LogP) is 3.58. The van der Waals surface area contributed by atoms with E-state index in [2.05, 4.69) is 0 Å². The number of rotatable bonds is 2. The first kappa shape index (κ1) is 12.1. The molecule has 0 saturated carbocycles. The number of carbonyl (C=O) groups excluding carboxylic acids is 2. The van der Waals surface area contributed by atoms with Crippen LogP contribution in [-0.4, -0.2) is 11.6 Å². The summed E-state index contributed by atoms with van der Waals surface area (Å²) in [6, 6.07) is 14.1. The van der Waals surface area contributed by atoms with Crippen LogP contribution in [0.15, 0.2) is 48.5 Å². The van der Waals surface area contributed by atoms with Crippen LogP contribution >= 0.6 is 11.6 Å². The first-order valence-electron chi connectivity index (χ1n) is 6.09. The molecule has 1 aliphatic rings. The van der Waals surface area contributed by atoms with Gasteiger partial charge in [-0.25, -0.2) is 0 Å². The summed E-state index contributed by atoms with van der Waals surface area (Å²) in [6.45, 7) is 0. The van der Waals surface area contributed by atoms with Crippen LogP contribution in [0.1, 0.15) is 26.3 Å². The molecule has 2 aromatic carbocycles. The number of hydrogen-bond acceptors (Lipinski definition) is 2. The minimum Gasteiger partial charge on any atom is -0.293 e. The van der Waals surface area contributed by atoms with Crippen LogP contribution in [0.3, 0.4) is 0 Å². The third-order valence-corrected chi connectivity index (χ3v) is 3.68. The summed E-state index contributed by atoms with van der Waals surface area (Å²) < 4.78 is 0. The van der Waals surface area contributed by atoms with E-state index in [1.165, 1.54) is 0 Å². The first-order valence-corrected chi connectivity index (χ1v) is 6.46. The van der Waals surface area contributed by atoms with Crippen molar-refractivity contribution in [1.29, 1.82) is 0 Å². The molecule has 0 fully saturated rings. The Bertz CT molecular complexity index is 662. The number of Topliss-reactive ketones (excluding diaryl/α,β-unsaturated/α-hetero) is 2. The molecule has 1 unspecified atom stereocenters. The molecule has 0 saturated heterocycles. The highest BCUT2D eigenvalue weighted by Crippen LogP contribution is 2.31. The fraction of sp³-hybridized carbons (Fsp3) is 0.125. The van der Waals surface area contributed by atoms with Gasteiger partial charge in [0.2, 0.25) is 0 Å². The van der Waals surface area contributed by atoms with Crippen molar-refractivity contribution >= 4 is 23.2 Å². The van der Waals surface area contributed by atoms with Gasteiger partial charge >= 0.3 is 0 Å². The van der Waals surface area contributed by atoms with Crippen LogP contribution in [-0.2, 0) is 6.42 Å². The zero-order chi connectivity index (χ0) is 13.4. The van der Waals surface area contributed by atoms with Crippen LogP contribution < -0.4 is 0 Å². The molecule has 2 nitrogen and oxygen atoms in total. The number of fused-ring (bicyclic) bond motifs is 1. The van der Waals surface area contributed by atoms with Crippen molar-refractivity contribution in [2.45, 2.75) is 6.42 Å². The fourth-order valence-electron chi connectivity index (χ4n) is 2.49. The molecule has 0 aromatic heterocycles. The number of benzene rings is 2. The zero-order valence-electron chi connectivity index (χ0n) is 10.1. The Hall–Kier alpha value is -1.93. The highest BCUT2D eigenvalue weighted by Gasteiger charge is 2.35. The van der Waals surface area contributed by atoms with Crippen LogP contribution in [0.2, 0.25) is 5.02 Å². The molecular weight excluding hydrogens is 260 g/mol. The molecule has 2 aromatic rings. The second-order valence-corrected chi connectivity index (χ2v) is 5.09. The van der Waals surface area contributed by atoms with Crippen molar-refractivity contribution in [3.63, 3.8) is 0 Å². The standard InChI is InChI=1S/C16H11ClO2/c17-12-6-7-13-11(8-12)9-14(16(13)19)15(18)10-4-2-1-3-5-10/h1-8,14H,9H2. The van der Waals surface area contributed by atoms with Gasteiger partial charge in [-0.2, -0.15) is 0 Å². The van der Waals surface area contributed by atoms with Gasteiger partial charge in [0.25, 0.3) is 0 Å². The largest absolute Gasteiger partial charge is 0.293 e. The maximum absolute atomic E-state index is 12.4. The van der Waals surface area contributed by atoms with E-state index in [9.17, 15) is 9.59 Å². The molecule has 0 heterocycles. The monoisotopic (exact) mass is 270 g/mol. The number of ketones is 2. The smallest absolute Gasteiger partial charge is 0.174 e. The van der Waals surface area contributed by atoms with Crippen molar-refractivity contribution in [2.24, 2.45) is 5.92 Å². The lowest BCUT2D eigenvalue weighted by atomic mass is 9.94. The average Bonchev–Trinajstić information content (AvgIpc) is 2.75. The Labute approximate surface area is 116 Å². The minimum atomic E-state index is -0.601. The topological polar surface area (TPSA) is 34.1 Å². The van der Waals surface area contributed by atoms with E-state index >= 15 is 0 Å². The molecule has 3 heteroatoms. The summed E-state index contributed by atoms with van der Waals surface area (Å²) in [7, 11) is 0. The van der Waals surface area contributed by atoms with Crippen LogP contribution in [0.4, 0.5) is 0 Å². The minimum absolute atomic E-state index is 0.0967. The fourth-order valence-corrected chi connectivity index (χ4v) is 2.68. The van der Waals surface area contributed by atoms with Crippen molar-refractivity contribution in [3.8, 4) is 0 Å². The van der Waals surface area contributed by atoms with E-state index < -0.39 is 5.92 Å². The zero-order valence-corrected chi connectivity index (χ0v) is 10.9. The van der Waals surface area contributed by atoms with Gasteiger partial charge in [0.05, 0.1) is 5.92 Å². The molecule has 0 N–H and O–H groups in total. The molecule has 0 bridgehead atoms. The summed E-state index contributed by atoms with van der Waals surface area (Å²) in [5.74, 6) is -0.811. The SMILES string of the molecule is O=C(c1ccccc1)C1Cc2cc(Cl)ccc2C1=O. The molecule has 3 rings (SSSR count). The van der Waals surface area contributed by atoms with Gasteiger partial charge in [-0.05, 0) is 30.2 Å². The Morgan fingerprint density at radius 1 is 1.11 bits per heavy atom. The summed E-state index contributed by atoms with van der Waals surface area (Å²) >= 11 is 5.92. The molecule has 94 valence electrons. The molecular formula is C16H11ClO2. The lowest BCUT2D eigenvalue weighted by molar-refractivity contribution is 0.0822. The molecule has 0 spiro atoms. The Morgan fingerprint density at radius 2 is 1.84 bits per heavy atom. The van der Waals surface area contributed by atoms with Gasteiger partial charge in [0.1, 0.15) is 0 Å². The van der Waals surface area contributed by atoms with Crippen LogP contribution in [0.25, 0.3) is 0 Å². The van der Waals surface area contributed by atoms with Crippen molar-refractivity contribution in [1.82, 2.24) is 0 Å². The maximum atomic E-state index is 12.4. The molecule has 0 amide bonds. The molecule has 1 aliphatic carbocycles. The molecule has 1 atom stereocenters. The molecule has 0 aliphatic heterocycles.